The van der Waals surface area contributed by atoms with E-state index in [-0.39, 0.29) is 17.9 Å². The van der Waals surface area contributed by atoms with Crippen LogP contribution in [-0.2, 0) is 14.3 Å². The Morgan fingerprint density at radius 1 is 1.47 bits per heavy atom. The van der Waals surface area contributed by atoms with Gasteiger partial charge in [-0.1, -0.05) is 0 Å². The van der Waals surface area contributed by atoms with E-state index in [2.05, 4.69) is 10.3 Å². The second kappa shape index (κ2) is 3.43. The predicted octanol–water partition coefficient (Wildman–Crippen LogP) is -0.371. The van der Waals surface area contributed by atoms with Gasteiger partial charge in [0.25, 0.3) is 0 Å². The van der Waals surface area contributed by atoms with E-state index in [1.165, 1.54) is 0 Å². The summed E-state index contributed by atoms with van der Waals surface area (Å²) in [7, 11) is 0. The van der Waals surface area contributed by atoms with Crippen molar-refractivity contribution in [2.75, 3.05) is 19.9 Å². The summed E-state index contributed by atoms with van der Waals surface area (Å²) >= 11 is 0. The average molecular weight is 208 g/mol. The number of ketones is 1. The summed E-state index contributed by atoms with van der Waals surface area (Å²) < 4.78 is 11.1. The van der Waals surface area contributed by atoms with Crippen molar-refractivity contribution in [2.24, 2.45) is 4.99 Å². The van der Waals surface area contributed by atoms with Crippen LogP contribution in [0.1, 0.15) is 6.42 Å². The molecule has 2 aliphatic heterocycles. The van der Waals surface area contributed by atoms with E-state index < -0.39 is 0 Å². The fourth-order valence-corrected chi connectivity index (χ4v) is 2.20. The topological polar surface area (TPSA) is 59.9 Å². The lowest BCUT2D eigenvalue weighted by atomic mass is 9.89. The van der Waals surface area contributed by atoms with Gasteiger partial charge in [0.15, 0.2) is 5.78 Å². The van der Waals surface area contributed by atoms with Crippen molar-refractivity contribution in [3.63, 3.8) is 0 Å². The van der Waals surface area contributed by atoms with Crippen molar-refractivity contribution < 1.29 is 14.3 Å². The Labute approximate surface area is 87.2 Å². The van der Waals surface area contributed by atoms with Crippen LogP contribution in [0.5, 0.6) is 0 Å². The van der Waals surface area contributed by atoms with Gasteiger partial charge in [-0.15, -0.1) is 0 Å². The largest absolute Gasteiger partial charge is 0.492 e. The molecule has 3 rings (SSSR count). The predicted molar refractivity (Wildman–Crippen MR) is 52.6 cm³/mol. The first-order valence-corrected chi connectivity index (χ1v) is 5.10. The van der Waals surface area contributed by atoms with Gasteiger partial charge < -0.3 is 9.47 Å². The molecule has 0 bridgehead atoms. The molecule has 2 atom stereocenters. The molecule has 5 nitrogen and oxygen atoms in total. The third kappa shape index (κ3) is 1.39. The molecular weight excluding hydrogens is 196 g/mol. The molecule has 0 saturated carbocycles. The molecule has 1 saturated heterocycles. The van der Waals surface area contributed by atoms with E-state index in [1.54, 1.807) is 6.21 Å². The molecule has 80 valence electrons. The van der Waals surface area contributed by atoms with E-state index in [4.69, 9.17) is 9.47 Å². The van der Waals surface area contributed by atoms with Crippen molar-refractivity contribution in [1.82, 2.24) is 5.32 Å². The van der Waals surface area contributed by atoms with Gasteiger partial charge in [0.05, 0.1) is 19.3 Å². The molecule has 0 aromatic rings. The van der Waals surface area contributed by atoms with Crippen LogP contribution < -0.4 is 5.32 Å². The van der Waals surface area contributed by atoms with Crippen molar-refractivity contribution in [3.05, 3.63) is 11.3 Å². The van der Waals surface area contributed by atoms with Gasteiger partial charge in [0.2, 0.25) is 0 Å². The number of Topliss-reactive ketones (excluding diaryl/α,β-unsaturated/α-hetero) is 1. The highest BCUT2D eigenvalue weighted by Gasteiger charge is 2.39. The number of aliphatic imine (C=N–C) groups is 1. The summed E-state index contributed by atoms with van der Waals surface area (Å²) in [5.41, 5.74) is 0.849. The number of nitrogens with one attached hydrogen (secondary N) is 1. The molecule has 0 amide bonds. The minimum atomic E-state index is -0.240. The molecule has 3 aliphatic rings. The van der Waals surface area contributed by atoms with Crippen LogP contribution in [0.3, 0.4) is 0 Å². The molecule has 0 spiro atoms. The van der Waals surface area contributed by atoms with E-state index >= 15 is 0 Å². The molecule has 2 unspecified atom stereocenters. The number of hydrogen-bond acceptors (Lipinski definition) is 5. The number of fused-ring (bicyclic) bond motifs is 2. The lowest BCUT2D eigenvalue weighted by Crippen LogP contribution is -2.49. The highest BCUT2D eigenvalue weighted by molar-refractivity contribution is 5.99. The Bertz CT molecular complexity index is 362. The van der Waals surface area contributed by atoms with Crippen LogP contribution >= 0.6 is 0 Å². The maximum Gasteiger partial charge on any atom is 0.157 e. The normalized spacial score (nSPS) is 34.5. The molecule has 1 N–H and O–H groups in total. The van der Waals surface area contributed by atoms with Crippen LogP contribution in [-0.4, -0.2) is 44.0 Å². The third-order valence-corrected chi connectivity index (χ3v) is 2.87. The van der Waals surface area contributed by atoms with Crippen LogP contribution in [0.15, 0.2) is 16.3 Å². The molecule has 0 radical (unpaired) electrons. The van der Waals surface area contributed by atoms with Gasteiger partial charge in [0.1, 0.15) is 18.5 Å². The SMILES string of the molecule is O=C1CC2OCCOC2=C2C=NCNC12. The first kappa shape index (κ1) is 9.06. The van der Waals surface area contributed by atoms with Crippen molar-refractivity contribution >= 4 is 12.0 Å². The van der Waals surface area contributed by atoms with Gasteiger partial charge in [0, 0.05) is 18.2 Å². The fraction of sp³-hybridized carbons (Fsp3) is 0.600. The van der Waals surface area contributed by atoms with Crippen LogP contribution in [0.25, 0.3) is 0 Å². The number of rotatable bonds is 0. The standard InChI is InChI=1S/C10H12N2O3/c13-7-3-8-10(15-2-1-14-8)6-4-11-5-12-9(6)7/h4,8-9,12H,1-3,5H2. The minimum Gasteiger partial charge on any atom is -0.492 e. The average Bonchev–Trinajstić information content (AvgIpc) is 2.30. The van der Waals surface area contributed by atoms with Gasteiger partial charge >= 0.3 is 0 Å². The smallest absolute Gasteiger partial charge is 0.157 e. The molecule has 0 aromatic heterocycles. The van der Waals surface area contributed by atoms with Gasteiger partial charge in [-0.2, -0.15) is 0 Å². The maximum absolute atomic E-state index is 11.8. The molecule has 1 fully saturated rings. The quantitative estimate of drug-likeness (QED) is 0.590. The van der Waals surface area contributed by atoms with E-state index in [0.29, 0.717) is 26.3 Å². The molecule has 15 heavy (non-hydrogen) atoms. The summed E-state index contributed by atoms with van der Waals surface area (Å²) in [6, 6.07) is -0.240. The number of nitrogens with zero attached hydrogens (tertiary/aromatic N) is 1. The van der Waals surface area contributed by atoms with Crippen molar-refractivity contribution in [1.29, 1.82) is 0 Å². The van der Waals surface area contributed by atoms with Gasteiger partial charge in [-0.05, 0) is 0 Å². The maximum atomic E-state index is 11.8. The molecule has 1 aliphatic carbocycles. The van der Waals surface area contributed by atoms with Crippen molar-refractivity contribution in [2.45, 2.75) is 18.6 Å². The lowest BCUT2D eigenvalue weighted by Gasteiger charge is -2.35. The number of carbonyl (C=O) groups is 1. The van der Waals surface area contributed by atoms with Crippen molar-refractivity contribution in [3.8, 4) is 0 Å². The number of ether oxygens (including phenoxy) is 2. The summed E-state index contributed by atoms with van der Waals surface area (Å²) in [5, 5.41) is 3.06. The zero-order chi connectivity index (χ0) is 10.3. The van der Waals surface area contributed by atoms with E-state index in [9.17, 15) is 4.79 Å². The highest BCUT2D eigenvalue weighted by atomic mass is 16.6. The van der Waals surface area contributed by atoms with Crippen LogP contribution in [0, 0.1) is 0 Å². The fourth-order valence-electron chi connectivity index (χ4n) is 2.20. The van der Waals surface area contributed by atoms with Gasteiger partial charge in [-0.3, -0.25) is 15.1 Å². The first-order chi connectivity index (χ1) is 7.36. The Kier molecular flexibility index (Phi) is 2.07. The first-order valence-electron chi connectivity index (χ1n) is 5.10. The minimum absolute atomic E-state index is 0.162. The number of carbonyl (C=O) groups excluding carboxylic acids is 1. The molecular formula is C10H12N2O3. The number of hydrogen-bond donors (Lipinski definition) is 1. The Balaban J connectivity index is 2.04. The lowest BCUT2D eigenvalue weighted by molar-refractivity contribution is -0.127. The Morgan fingerprint density at radius 2 is 2.40 bits per heavy atom. The third-order valence-electron chi connectivity index (χ3n) is 2.87. The summed E-state index contributed by atoms with van der Waals surface area (Å²) in [6.45, 7) is 1.62. The Hall–Kier alpha value is -1.20. The van der Waals surface area contributed by atoms with Crippen LogP contribution in [0.2, 0.25) is 0 Å². The van der Waals surface area contributed by atoms with E-state index in [0.717, 1.165) is 11.3 Å². The second-order valence-electron chi connectivity index (χ2n) is 3.80. The summed E-state index contributed by atoms with van der Waals surface area (Å²) in [6.07, 6.45) is 1.95. The monoisotopic (exact) mass is 208 g/mol. The van der Waals surface area contributed by atoms with E-state index in [1.807, 2.05) is 0 Å². The zero-order valence-corrected chi connectivity index (χ0v) is 8.23. The summed E-state index contributed by atoms with van der Waals surface area (Å²) in [4.78, 5) is 15.9. The molecule has 2 heterocycles. The zero-order valence-electron chi connectivity index (χ0n) is 8.23. The highest BCUT2D eigenvalue weighted by Crippen LogP contribution is 2.29. The van der Waals surface area contributed by atoms with Gasteiger partial charge in [-0.25, -0.2) is 0 Å². The molecule has 0 aromatic carbocycles. The second-order valence-corrected chi connectivity index (χ2v) is 3.80. The van der Waals surface area contributed by atoms with Crippen LogP contribution in [0.4, 0.5) is 0 Å². The Morgan fingerprint density at radius 3 is 3.33 bits per heavy atom. The molecule has 5 heteroatoms. The summed E-state index contributed by atoms with van der Waals surface area (Å²) in [5.74, 6) is 0.956.